The summed E-state index contributed by atoms with van der Waals surface area (Å²) in [6.45, 7) is 3.17. The lowest BCUT2D eigenvalue weighted by molar-refractivity contribution is 0.331. The summed E-state index contributed by atoms with van der Waals surface area (Å²) in [5.41, 5.74) is 0. The van der Waals surface area contributed by atoms with Gasteiger partial charge in [-0.25, -0.2) is 0 Å². The summed E-state index contributed by atoms with van der Waals surface area (Å²) in [7, 11) is 0. The summed E-state index contributed by atoms with van der Waals surface area (Å²) in [6, 6.07) is 0.537. The molecule has 0 radical (unpaired) electrons. The lowest BCUT2D eigenvalue weighted by Crippen LogP contribution is -2.33. The first-order valence-electron chi connectivity index (χ1n) is 6.92. The van der Waals surface area contributed by atoms with Gasteiger partial charge < -0.3 is 9.84 Å². The standard InChI is InChI=1S/C13H21N3O/c1-2-14-11(9-6-7-9)8-12-15-13(16-17-12)10-4-3-5-10/h9-11,14H,2-8H2,1H3. The van der Waals surface area contributed by atoms with Crippen LogP contribution in [-0.4, -0.2) is 22.7 Å². The van der Waals surface area contributed by atoms with E-state index in [4.69, 9.17) is 4.52 Å². The van der Waals surface area contributed by atoms with Crippen LogP contribution in [0.5, 0.6) is 0 Å². The quantitative estimate of drug-likeness (QED) is 0.821. The van der Waals surface area contributed by atoms with E-state index in [9.17, 15) is 0 Å². The lowest BCUT2D eigenvalue weighted by Gasteiger charge is -2.21. The fraction of sp³-hybridized carbons (Fsp3) is 0.846. The van der Waals surface area contributed by atoms with E-state index in [0.29, 0.717) is 12.0 Å². The number of hydrogen-bond donors (Lipinski definition) is 1. The van der Waals surface area contributed by atoms with Crippen LogP contribution in [0.3, 0.4) is 0 Å². The van der Waals surface area contributed by atoms with Crippen LogP contribution in [0.15, 0.2) is 4.52 Å². The molecule has 1 atom stereocenters. The van der Waals surface area contributed by atoms with Crippen molar-refractivity contribution in [2.45, 2.75) is 57.4 Å². The number of rotatable bonds is 6. The Morgan fingerprint density at radius 1 is 1.35 bits per heavy atom. The van der Waals surface area contributed by atoms with Crippen LogP contribution >= 0.6 is 0 Å². The molecule has 2 aliphatic rings. The smallest absolute Gasteiger partial charge is 0.228 e. The minimum Gasteiger partial charge on any atom is -0.339 e. The van der Waals surface area contributed by atoms with Gasteiger partial charge in [0.05, 0.1) is 0 Å². The van der Waals surface area contributed by atoms with Gasteiger partial charge >= 0.3 is 0 Å². The van der Waals surface area contributed by atoms with Crippen molar-refractivity contribution in [3.05, 3.63) is 11.7 Å². The molecule has 2 saturated carbocycles. The van der Waals surface area contributed by atoms with Crippen LogP contribution < -0.4 is 5.32 Å². The zero-order chi connectivity index (χ0) is 11.7. The summed E-state index contributed by atoms with van der Waals surface area (Å²) in [4.78, 5) is 4.55. The zero-order valence-corrected chi connectivity index (χ0v) is 10.5. The normalized spacial score (nSPS) is 22.4. The van der Waals surface area contributed by atoms with Gasteiger partial charge in [-0.1, -0.05) is 18.5 Å². The highest BCUT2D eigenvalue weighted by Crippen LogP contribution is 2.36. The van der Waals surface area contributed by atoms with E-state index < -0.39 is 0 Å². The Balaban J connectivity index is 1.60. The molecule has 0 aromatic carbocycles. The Labute approximate surface area is 102 Å². The van der Waals surface area contributed by atoms with E-state index >= 15 is 0 Å². The van der Waals surface area contributed by atoms with E-state index in [2.05, 4.69) is 22.4 Å². The molecule has 0 spiro atoms. The van der Waals surface area contributed by atoms with Crippen molar-refractivity contribution in [1.82, 2.24) is 15.5 Å². The molecule has 2 fully saturated rings. The summed E-state index contributed by atoms with van der Waals surface area (Å²) >= 11 is 0. The van der Waals surface area contributed by atoms with Gasteiger partial charge in [-0.05, 0) is 38.1 Å². The largest absolute Gasteiger partial charge is 0.339 e. The maximum absolute atomic E-state index is 5.38. The third-order valence-corrected chi connectivity index (χ3v) is 4.01. The first-order chi connectivity index (χ1) is 8.36. The second-order valence-corrected chi connectivity index (χ2v) is 5.38. The molecule has 1 unspecified atom stereocenters. The summed E-state index contributed by atoms with van der Waals surface area (Å²) in [5, 5.41) is 7.65. The highest BCUT2D eigenvalue weighted by molar-refractivity contribution is 5.01. The third-order valence-electron chi connectivity index (χ3n) is 4.01. The number of nitrogens with one attached hydrogen (secondary N) is 1. The van der Waals surface area contributed by atoms with Gasteiger partial charge in [0.2, 0.25) is 5.89 Å². The summed E-state index contributed by atoms with van der Waals surface area (Å²) < 4.78 is 5.38. The van der Waals surface area contributed by atoms with Gasteiger partial charge in [-0.3, -0.25) is 0 Å². The predicted octanol–water partition coefficient (Wildman–Crippen LogP) is 2.27. The van der Waals surface area contributed by atoms with Crippen LogP contribution in [0.4, 0.5) is 0 Å². The molecule has 4 heteroatoms. The molecule has 17 heavy (non-hydrogen) atoms. The van der Waals surface area contributed by atoms with Crippen molar-refractivity contribution in [2.75, 3.05) is 6.54 Å². The molecular formula is C13H21N3O. The lowest BCUT2D eigenvalue weighted by atomic mass is 9.85. The Kier molecular flexibility index (Phi) is 3.14. The fourth-order valence-corrected chi connectivity index (χ4v) is 2.54. The van der Waals surface area contributed by atoms with Crippen LogP contribution in [0.2, 0.25) is 0 Å². The highest BCUT2D eigenvalue weighted by atomic mass is 16.5. The van der Waals surface area contributed by atoms with Gasteiger partial charge in [-0.2, -0.15) is 4.98 Å². The van der Waals surface area contributed by atoms with Gasteiger partial charge in [-0.15, -0.1) is 0 Å². The molecule has 0 aliphatic heterocycles. The van der Waals surface area contributed by atoms with Gasteiger partial charge in [0.25, 0.3) is 0 Å². The Morgan fingerprint density at radius 3 is 2.76 bits per heavy atom. The molecule has 94 valence electrons. The molecule has 2 aliphatic carbocycles. The van der Waals surface area contributed by atoms with Crippen molar-refractivity contribution in [3.8, 4) is 0 Å². The second-order valence-electron chi connectivity index (χ2n) is 5.38. The van der Waals surface area contributed by atoms with E-state index in [-0.39, 0.29) is 0 Å². The summed E-state index contributed by atoms with van der Waals surface area (Å²) in [6.07, 6.45) is 7.38. The monoisotopic (exact) mass is 235 g/mol. The Bertz CT molecular complexity index is 368. The number of nitrogens with zero attached hydrogens (tertiary/aromatic N) is 2. The van der Waals surface area contributed by atoms with Gasteiger partial charge in [0.1, 0.15) is 0 Å². The first kappa shape index (κ1) is 11.2. The van der Waals surface area contributed by atoms with E-state index in [1.807, 2.05) is 0 Å². The number of likely N-dealkylation sites (N-methyl/N-ethyl adjacent to an activating group) is 1. The molecule has 1 aromatic rings. The molecule has 3 rings (SSSR count). The topological polar surface area (TPSA) is 51.0 Å². The predicted molar refractivity (Wildman–Crippen MR) is 64.8 cm³/mol. The van der Waals surface area contributed by atoms with Crippen LogP contribution in [0, 0.1) is 5.92 Å². The van der Waals surface area contributed by atoms with Crippen LogP contribution in [0.1, 0.15) is 56.7 Å². The molecule has 1 N–H and O–H groups in total. The molecule has 0 bridgehead atoms. The summed E-state index contributed by atoms with van der Waals surface area (Å²) in [5.74, 6) is 3.17. The third kappa shape index (κ3) is 2.51. The maximum atomic E-state index is 5.38. The SMILES string of the molecule is CCNC(Cc1nc(C2CCC2)no1)C1CC1. The molecule has 4 nitrogen and oxygen atoms in total. The molecule has 0 amide bonds. The maximum Gasteiger partial charge on any atom is 0.228 e. The van der Waals surface area contributed by atoms with Gasteiger partial charge in [0.15, 0.2) is 5.82 Å². The number of aromatic nitrogens is 2. The van der Waals surface area contributed by atoms with Crippen molar-refractivity contribution < 1.29 is 4.52 Å². The van der Waals surface area contributed by atoms with Gasteiger partial charge in [0, 0.05) is 18.4 Å². The average molecular weight is 235 g/mol. The first-order valence-corrected chi connectivity index (χ1v) is 6.92. The molecule has 1 aromatic heterocycles. The minimum absolute atomic E-state index is 0.537. The second kappa shape index (κ2) is 4.77. The Hall–Kier alpha value is -0.900. The van der Waals surface area contributed by atoms with E-state index in [1.54, 1.807) is 0 Å². The zero-order valence-electron chi connectivity index (χ0n) is 10.5. The van der Waals surface area contributed by atoms with E-state index in [1.165, 1.54) is 32.1 Å². The van der Waals surface area contributed by atoms with Crippen LogP contribution in [-0.2, 0) is 6.42 Å². The van der Waals surface area contributed by atoms with Crippen molar-refractivity contribution in [1.29, 1.82) is 0 Å². The van der Waals surface area contributed by atoms with Crippen molar-refractivity contribution in [2.24, 2.45) is 5.92 Å². The van der Waals surface area contributed by atoms with E-state index in [0.717, 1.165) is 30.6 Å². The minimum atomic E-state index is 0.537. The van der Waals surface area contributed by atoms with Crippen molar-refractivity contribution in [3.63, 3.8) is 0 Å². The molecule has 1 heterocycles. The highest BCUT2D eigenvalue weighted by Gasteiger charge is 2.32. The molecule has 0 saturated heterocycles. The fourth-order valence-electron chi connectivity index (χ4n) is 2.54. The van der Waals surface area contributed by atoms with Crippen molar-refractivity contribution >= 4 is 0 Å². The molecular weight excluding hydrogens is 214 g/mol. The average Bonchev–Trinajstić information content (AvgIpc) is 2.99. The Morgan fingerprint density at radius 2 is 2.18 bits per heavy atom. The van der Waals surface area contributed by atoms with Crippen LogP contribution in [0.25, 0.3) is 0 Å². The number of hydrogen-bond acceptors (Lipinski definition) is 4.